The summed E-state index contributed by atoms with van der Waals surface area (Å²) in [5.41, 5.74) is 2.79. The molecular formula is C12H12O4. The standard InChI is InChI=1S/C12H12O4/c1-15-12(14)11-5-8(6-13)4-9-7-16-3-2-10(9)11/h4-6H,2-3,7H2,1H3. The minimum absolute atomic E-state index is 0.401. The number of carbonyl (C=O) groups excluding carboxylic acids is 2. The first-order valence-electron chi connectivity index (χ1n) is 5.03. The van der Waals surface area contributed by atoms with Crippen LogP contribution >= 0.6 is 0 Å². The molecular weight excluding hydrogens is 208 g/mol. The molecule has 0 bridgehead atoms. The van der Waals surface area contributed by atoms with Crippen LogP contribution in [0.3, 0.4) is 0 Å². The van der Waals surface area contributed by atoms with E-state index in [1.54, 1.807) is 12.1 Å². The lowest BCUT2D eigenvalue weighted by atomic mass is 9.95. The van der Waals surface area contributed by atoms with E-state index in [0.29, 0.717) is 30.8 Å². The van der Waals surface area contributed by atoms with Crippen LogP contribution in [-0.2, 0) is 22.5 Å². The van der Waals surface area contributed by atoms with Gasteiger partial charge < -0.3 is 9.47 Å². The maximum atomic E-state index is 11.6. The van der Waals surface area contributed by atoms with Gasteiger partial charge in [0.15, 0.2) is 0 Å². The molecule has 1 aliphatic heterocycles. The minimum Gasteiger partial charge on any atom is -0.465 e. The number of ether oxygens (including phenoxy) is 2. The van der Waals surface area contributed by atoms with E-state index in [1.165, 1.54) is 7.11 Å². The van der Waals surface area contributed by atoms with Crippen LogP contribution < -0.4 is 0 Å². The van der Waals surface area contributed by atoms with Crippen molar-refractivity contribution < 1.29 is 19.1 Å². The second-order valence-electron chi connectivity index (χ2n) is 3.62. The Labute approximate surface area is 93.2 Å². The zero-order valence-electron chi connectivity index (χ0n) is 8.99. The van der Waals surface area contributed by atoms with Crippen molar-refractivity contribution in [2.75, 3.05) is 13.7 Å². The van der Waals surface area contributed by atoms with Crippen molar-refractivity contribution in [3.8, 4) is 0 Å². The number of carbonyl (C=O) groups is 2. The van der Waals surface area contributed by atoms with E-state index >= 15 is 0 Å². The Morgan fingerprint density at radius 2 is 2.31 bits per heavy atom. The molecule has 0 amide bonds. The molecule has 0 saturated heterocycles. The predicted molar refractivity (Wildman–Crippen MR) is 56.5 cm³/mol. The SMILES string of the molecule is COC(=O)c1cc(C=O)cc2c1CCOC2. The fourth-order valence-corrected chi connectivity index (χ4v) is 1.90. The van der Waals surface area contributed by atoms with E-state index < -0.39 is 5.97 Å². The van der Waals surface area contributed by atoms with Gasteiger partial charge in [0.2, 0.25) is 0 Å². The zero-order chi connectivity index (χ0) is 11.5. The maximum Gasteiger partial charge on any atom is 0.338 e. The molecule has 4 nitrogen and oxygen atoms in total. The average molecular weight is 220 g/mol. The Kier molecular flexibility index (Phi) is 3.01. The molecule has 4 heteroatoms. The lowest BCUT2D eigenvalue weighted by molar-refractivity contribution is 0.0595. The lowest BCUT2D eigenvalue weighted by Crippen LogP contribution is -2.16. The number of benzene rings is 1. The van der Waals surface area contributed by atoms with Crippen molar-refractivity contribution in [2.24, 2.45) is 0 Å². The van der Waals surface area contributed by atoms with Gasteiger partial charge in [0.1, 0.15) is 6.29 Å². The van der Waals surface area contributed by atoms with E-state index in [0.717, 1.165) is 17.4 Å². The summed E-state index contributed by atoms with van der Waals surface area (Å²) in [6.07, 6.45) is 1.40. The molecule has 0 spiro atoms. The highest BCUT2D eigenvalue weighted by atomic mass is 16.5. The Bertz CT molecular complexity index is 437. The molecule has 0 unspecified atom stereocenters. The molecule has 0 atom stereocenters. The second-order valence-corrected chi connectivity index (χ2v) is 3.62. The normalized spacial score (nSPS) is 14.1. The third-order valence-corrected chi connectivity index (χ3v) is 2.66. The van der Waals surface area contributed by atoms with Gasteiger partial charge in [0.05, 0.1) is 25.9 Å². The third-order valence-electron chi connectivity index (χ3n) is 2.66. The minimum atomic E-state index is -0.401. The van der Waals surface area contributed by atoms with Crippen LogP contribution in [0, 0.1) is 0 Å². The topological polar surface area (TPSA) is 52.6 Å². The highest BCUT2D eigenvalue weighted by molar-refractivity contribution is 5.93. The first-order valence-corrected chi connectivity index (χ1v) is 5.03. The third kappa shape index (κ3) is 1.84. The smallest absolute Gasteiger partial charge is 0.338 e. The summed E-state index contributed by atoms with van der Waals surface area (Å²) in [5, 5.41) is 0. The van der Waals surface area contributed by atoms with Gasteiger partial charge in [-0.3, -0.25) is 4.79 Å². The summed E-state index contributed by atoms with van der Waals surface area (Å²) >= 11 is 0. The van der Waals surface area contributed by atoms with Crippen LogP contribution in [0.4, 0.5) is 0 Å². The van der Waals surface area contributed by atoms with Crippen molar-refractivity contribution in [3.63, 3.8) is 0 Å². The van der Waals surface area contributed by atoms with Gasteiger partial charge in [-0.2, -0.15) is 0 Å². The number of esters is 1. The van der Waals surface area contributed by atoms with Crippen LogP contribution in [-0.4, -0.2) is 26.0 Å². The first kappa shape index (κ1) is 10.8. The molecule has 1 aromatic rings. The number of methoxy groups -OCH3 is 1. The Morgan fingerprint density at radius 3 is 3.00 bits per heavy atom. The van der Waals surface area contributed by atoms with Gasteiger partial charge in [-0.15, -0.1) is 0 Å². The van der Waals surface area contributed by atoms with Gasteiger partial charge in [-0.25, -0.2) is 4.79 Å². The quantitative estimate of drug-likeness (QED) is 0.557. The van der Waals surface area contributed by atoms with E-state index in [9.17, 15) is 9.59 Å². The van der Waals surface area contributed by atoms with Gasteiger partial charge in [0, 0.05) is 5.56 Å². The monoisotopic (exact) mass is 220 g/mol. The molecule has 84 valence electrons. The number of hydrogen-bond donors (Lipinski definition) is 0. The highest BCUT2D eigenvalue weighted by Crippen LogP contribution is 2.23. The molecule has 1 aliphatic rings. The van der Waals surface area contributed by atoms with Crippen molar-refractivity contribution in [1.29, 1.82) is 0 Å². The summed E-state index contributed by atoms with van der Waals surface area (Å²) < 4.78 is 10.0. The van der Waals surface area contributed by atoms with Gasteiger partial charge in [0.25, 0.3) is 0 Å². The summed E-state index contributed by atoms with van der Waals surface area (Å²) in [6, 6.07) is 3.33. The molecule has 2 rings (SSSR count). The van der Waals surface area contributed by atoms with Gasteiger partial charge in [-0.1, -0.05) is 0 Å². The number of fused-ring (bicyclic) bond motifs is 1. The number of hydrogen-bond acceptors (Lipinski definition) is 4. The maximum absolute atomic E-state index is 11.6. The summed E-state index contributed by atoms with van der Waals surface area (Å²) in [7, 11) is 1.33. The van der Waals surface area contributed by atoms with E-state index in [1.807, 2.05) is 0 Å². The molecule has 16 heavy (non-hydrogen) atoms. The van der Waals surface area contributed by atoms with Crippen molar-refractivity contribution in [3.05, 3.63) is 34.4 Å². The highest BCUT2D eigenvalue weighted by Gasteiger charge is 2.19. The van der Waals surface area contributed by atoms with Crippen LogP contribution in [0.2, 0.25) is 0 Å². The molecule has 0 saturated carbocycles. The fraction of sp³-hybridized carbons (Fsp3) is 0.333. The van der Waals surface area contributed by atoms with Crippen LogP contribution in [0.25, 0.3) is 0 Å². The van der Waals surface area contributed by atoms with E-state index in [-0.39, 0.29) is 0 Å². The molecule has 1 aromatic carbocycles. The molecule has 0 fully saturated rings. The Balaban J connectivity index is 2.56. The van der Waals surface area contributed by atoms with Gasteiger partial charge in [-0.05, 0) is 29.7 Å². The molecule has 0 aliphatic carbocycles. The predicted octanol–water partition coefficient (Wildman–Crippen LogP) is 1.36. The number of rotatable bonds is 2. The van der Waals surface area contributed by atoms with Crippen LogP contribution in [0.5, 0.6) is 0 Å². The fourth-order valence-electron chi connectivity index (χ4n) is 1.90. The van der Waals surface area contributed by atoms with Crippen LogP contribution in [0.15, 0.2) is 12.1 Å². The largest absolute Gasteiger partial charge is 0.465 e. The zero-order valence-corrected chi connectivity index (χ0v) is 8.99. The molecule has 0 aromatic heterocycles. The average Bonchev–Trinajstić information content (AvgIpc) is 2.36. The van der Waals surface area contributed by atoms with E-state index in [4.69, 9.17) is 9.47 Å². The second kappa shape index (κ2) is 4.45. The van der Waals surface area contributed by atoms with Gasteiger partial charge >= 0.3 is 5.97 Å². The first-order chi connectivity index (χ1) is 7.76. The van der Waals surface area contributed by atoms with Crippen LogP contribution in [0.1, 0.15) is 31.8 Å². The summed E-state index contributed by atoms with van der Waals surface area (Å²) in [6.45, 7) is 1.04. The van der Waals surface area contributed by atoms with Crippen molar-refractivity contribution in [1.82, 2.24) is 0 Å². The van der Waals surface area contributed by atoms with Crippen molar-refractivity contribution in [2.45, 2.75) is 13.0 Å². The lowest BCUT2D eigenvalue weighted by Gasteiger charge is -2.19. The van der Waals surface area contributed by atoms with Crippen molar-refractivity contribution >= 4 is 12.3 Å². The molecule has 0 radical (unpaired) electrons. The molecule has 0 N–H and O–H groups in total. The summed E-state index contributed by atoms with van der Waals surface area (Å²) in [4.78, 5) is 22.3. The summed E-state index contributed by atoms with van der Waals surface area (Å²) in [5.74, 6) is -0.401. The van der Waals surface area contributed by atoms with E-state index in [2.05, 4.69) is 0 Å². The Hall–Kier alpha value is -1.68. The number of aldehydes is 1. The molecule has 1 heterocycles. The Morgan fingerprint density at radius 1 is 1.50 bits per heavy atom.